The van der Waals surface area contributed by atoms with E-state index in [2.05, 4.69) is 22.3 Å². The van der Waals surface area contributed by atoms with Crippen LogP contribution in [0.3, 0.4) is 0 Å². The molecule has 1 saturated heterocycles. The van der Waals surface area contributed by atoms with Gasteiger partial charge in [-0.25, -0.2) is 0 Å². The van der Waals surface area contributed by atoms with Gasteiger partial charge in [0.25, 0.3) is 0 Å². The van der Waals surface area contributed by atoms with Crippen molar-refractivity contribution in [2.75, 3.05) is 26.8 Å². The van der Waals surface area contributed by atoms with Crippen LogP contribution in [0, 0.1) is 0 Å². The summed E-state index contributed by atoms with van der Waals surface area (Å²) in [6, 6.07) is 0.553. The third-order valence-corrected chi connectivity index (χ3v) is 3.01. The number of nitrogens with two attached hydrogens (primary N) is 1. The van der Waals surface area contributed by atoms with Crippen molar-refractivity contribution in [1.82, 2.24) is 19.9 Å². The van der Waals surface area contributed by atoms with E-state index in [0.717, 1.165) is 38.4 Å². The quantitative estimate of drug-likeness (QED) is 0.728. The zero-order chi connectivity index (χ0) is 11.4. The second-order valence-corrected chi connectivity index (χ2v) is 4.18. The zero-order valence-electron chi connectivity index (χ0n) is 9.67. The van der Waals surface area contributed by atoms with Crippen molar-refractivity contribution in [3.8, 4) is 0 Å². The summed E-state index contributed by atoms with van der Waals surface area (Å²) in [4.78, 5) is 2.32. The van der Waals surface area contributed by atoms with Crippen LogP contribution >= 0.6 is 0 Å². The molecule has 90 valence electrons. The van der Waals surface area contributed by atoms with E-state index in [1.807, 2.05) is 10.9 Å². The van der Waals surface area contributed by atoms with E-state index in [4.69, 9.17) is 10.5 Å². The lowest BCUT2D eigenvalue weighted by atomic mass is 10.2. The van der Waals surface area contributed by atoms with E-state index >= 15 is 0 Å². The minimum atomic E-state index is 0.451. The molecule has 1 aliphatic heterocycles. The van der Waals surface area contributed by atoms with Crippen LogP contribution in [0.1, 0.15) is 12.1 Å². The van der Waals surface area contributed by atoms with Crippen molar-refractivity contribution in [2.45, 2.75) is 25.6 Å². The Hall–Kier alpha value is -0.980. The molecule has 6 heteroatoms. The maximum atomic E-state index is 5.48. The van der Waals surface area contributed by atoms with Gasteiger partial charge in [-0.05, 0) is 13.5 Å². The molecule has 1 aliphatic rings. The van der Waals surface area contributed by atoms with Gasteiger partial charge < -0.3 is 10.5 Å². The molecule has 0 aliphatic carbocycles. The molecular formula is C10H19N5O. The normalized spacial score (nSPS) is 20.8. The van der Waals surface area contributed by atoms with Crippen LogP contribution in [0.5, 0.6) is 0 Å². The Morgan fingerprint density at radius 1 is 1.69 bits per heavy atom. The molecular weight excluding hydrogens is 206 g/mol. The van der Waals surface area contributed by atoms with Gasteiger partial charge in [0.05, 0.1) is 18.8 Å². The predicted molar refractivity (Wildman–Crippen MR) is 59.8 cm³/mol. The van der Waals surface area contributed by atoms with Crippen molar-refractivity contribution in [2.24, 2.45) is 5.73 Å². The number of rotatable bonds is 5. The molecule has 16 heavy (non-hydrogen) atoms. The second kappa shape index (κ2) is 5.38. The SMILES string of the molecule is CN(CCn1cc(CN)nn1)C1CCOC1. The molecule has 0 amide bonds. The molecule has 1 fully saturated rings. The number of hydrogen-bond acceptors (Lipinski definition) is 5. The maximum absolute atomic E-state index is 5.48. The molecule has 0 radical (unpaired) electrons. The summed E-state index contributed by atoms with van der Waals surface area (Å²) < 4.78 is 7.20. The van der Waals surface area contributed by atoms with Gasteiger partial charge in [0.2, 0.25) is 0 Å². The van der Waals surface area contributed by atoms with Crippen LogP contribution in [0.4, 0.5) is 0 Å². The first-order valence-electron chi connectivity index (χ1n) is 5.66. The second-order valence-electron chi connectivity index (χ2n) is 4.18. The molecule has 1 unspecified atom stereocenters. The van der Waals surface area contributed by atoms with Crippen molar-refractivity contribution in [3.05, 3.63) is 11.9 Å². The van der Waals surface area contributed by atoms with Gasteiger partial charge in [-0.15, -0.1) is 5.10 Å². The Labute approximate surface area is 95.4 Å². The maximum Gasteiger partial charge on any atom is 0.0962 e. The Morgan fingerprint density at radius 2 is 2.56 bits per heavy atom. The first-order valence-corrected chi connectivity index (χ1v) is 5.66. The van der Waals surface area contributed by atoms with Crippen LogP contribution in [0.15, 0.2) is 6.20 Å². The highest BCUT2D eigenvalue weighted by atomic mass is 16.5. The topological polar surface area (TPSA) is 69.2 Å². The summed E-state index contributed by atoms with van der Waals surface area (Å²) >= 11 is 0. The van der Waals surface area contributed by atoms with Gasteiger partial charge >= 0.3 is 0 Å². The molecule has 0 bridgehead atoms. The molecule has 1 atom stereocenters. The molecule has 2 N–H and O–H groups in total. The Balaban J connectivity index is 1.77. The fraction of sp³-hybridized carbons (Fsp3) is 0.800. The smallest absolute Gasteiger partial charge is 0.0962 e. The van der Waals surface area contributed by atoms with Gasteiger partial charge in [0.1, 0.15) is 0 Å². The fourth-order valence-corrected chi connectivity index (χ4v) is 1.85. The van der Waals surface area contributed by atoms with Crippen LogP contribution in [0.2, 0.25) is 0 Å². The average Bonchev–Trinajstić information content (AvgIpc) is 2.96. The van der Waals surface area contributed by atoms with Crippen LogP contribution in [-0.2, 0) is 17.8 Å². The van der Waals surface area contributed by atoms with Gasteiger partial charge in [-0.3, -0.25) is 9.58 Å². The number of ether oxygens (including phenoxy) is 1. The van der Waals surface area contributed by atoms with Crippen molar-refractivity contribution in [3.63, 3.8) is 0 Å². The molecule has 0 saturated carbocycles. The predicted octanol–water partition coefficient (Wildman–Crippen LogP) is -0.542. The monoisotopic (exact) mass is 225 g/mol. The van der Waals surface area contributed by atoms with Gasteiger partial charge in [0, 0.05) is 31.9 Å². The number of nitrogens with zero attached hydrogens (tertiary/aromatic N) is 4. The number of hydrogen-bond donors (Lipinski definition) is 1. The standard InChI is InChI=1S/C10H19N5O/c1-14(10-2-5-16-8-10)3-4-15-7-9(6-11)12-13-15/h7,10H,2-6,8,11H2,1H3. The van der Waals surface area contributed by atoms with Crippen LogP contribution in [0.25, 0.3) is 0 Å². The van der Waals surface area contributed by atoms with E-state index in [0.29, 0.717) is 12.6 Å². The van der Waals surface area contributed by atoms with E-state index in [9.17, 15) is 0 Å². The van der Waals surface area contributed by atoms with Gasteiger partial charge in [-0.2, -0.15) is 0 Å². The summed E-state index contributed by atoms with van der Waals surface area (Å²) in [5, 5.41) is 7.97. The highest BCUT2D eigenvalue weighted by molar-refractivity contribution is 4.90. The van der Waals surface area contributed by atoms with E-state index in [1.54, 1.807) is 0 Å². The lowest BCUT2D eigenvalue weighted by molar-refractivity contribution is 0.156. The first-order chi connectivity index (χ1) is 7.79. The Bertz CT molecular complexity index is 321. The van der Waals surface area contributed by atoms with Crippen molar-refractivity contribution in [1.29, 1.82) is 0 Å². The zero-order valence-corrected chi connectivity index (χ0v) is 9.67. The molecule has 2 heterocycles. The summed E-state index contributed by atoms with van der Waals surface area (Å²) in [6.45, 7) is 3.99. The van der Waals surface area contributed by atoms with Crippen LogP contribution in [-0.4, -0.2) is 52.7 Å². The van der Waals surface area contributed by atoms with Gasteiger partial charge in [0.15, 0.2) is 0 Å². The Morgan fingerprint density at radius 3 is 3.19 bits per heavy atom. The van der Waals surface area contributed by atoms with Gasteiger partial charge in [-0.1, -0.05) is 5.21 Å². The molecule has 6 nitrogen and oxygen atoms in total. The first kappa shape index (κ1) is 11.5. The lowest BCUT2D eigenvalue weighted by Crippen LogP contribution is -2.34. The van der Waals surface area contributed by atoms with Crippen molar-refractivity contribution < 1.29 is 4.74 Å². The summed E-state index contributed by atoms with van der Waals surface area (Å²) in [5.41, 5.74) is 6.32. The minimum Gasteiger partial charge on any atom is -0.380 e. The third-order valence-electron chi connectivity index (χ3n) is 3.01. The summed E-state index contributed by atoms with van der Waals surface area (Å²) in [7, 11) is 2.13. The lowest BCUT2D eigenvalue weighted by Gasteiger charge is -2.22. The number of aromatic nitrogens is 3. The van der Waals surface area contributed by atoms with Crippen molar-refractivity contribution >= 4 is 0 Å². The molecule has 0 aromatic carbocycles. The fourth-order valence-electron chi connectivity index (χ4n) is 1.85. The van der Waals surface area contributed by atoms with E-state index < -0.39 is 0 Å². The highest BCUT2D eigenvalue weighted by Crippen LogP contribution is 2.10. The average molecular weight is 225 g/mol. The third kappa shape index (κ3) is 2.78. The number of likely N-dealkylation sites (N-methyl/N-ethyl adjacent to an activating group) is 1. The van der Waals surface area contributed by atoms with E-state index in [1.165, 1.54) is 0 Å². The summed E-state index contributed by atoms with van der Waals surface area (Å²) in [6.07, 6.45) is 3.03. The molecule has 1 aromatic heterocycles. The molecule has 0 spiro atoms. The molecule has 1 aromatic rings. The summed E-state index contributed by atoms with van der Waals surface area (Å²) in [5.74, 6) is 0. The molecule has 2 rings (SSSR count). The minimum absolute atomic E-state index is 0.451. The highest BCUT2D eigenvalue weighted by Gasteiger charge is 2.19. The Kier molecular flexibility index (Phi) is 3.87. The van der Waals surface area contributed by atoms with E-state index in [-0.39, 0.29) is 0 Å². The largest absolute Gasteiger partial charge is 0.380 e. The van der Waals surface area contributed by atoms with Crippen LogP contribution < -0.4 is 5.73 Å².